The molecule has 0 fully saturated rings. The van der Waals surface area contributed by atoms with Gasteiger partial charge in [-0.3, -0.25) is 0 Å². The maximum absolute atomic E-state index is 12.6. The Balaban J connectivity index is 3.12. The molecule has 20 heavy (non-hydrogen) atoms. The first-order valence-electron chi connectivity index (χ1n) is 5.29. The molecule has 110 valence electrons. The van der Waals surface area contributed by atoms with Crippen molar-refractivity contribution < 1.29 is 37.0 Å². The largest absolute Gasteiger partial charge is 0.545 e. The Bertz CT molecular complexity index is 526. The molecule has 1 rings (SSSR count). The van der Waals surface area contributed by atoms with Gasteiger partial charge < -0.3 is 14.6 Å². The van der Waals surface area contributed by atoms with E-state index in [0.29, 0.717) is 6.92 Å². The van der Waals surface area contributed by atoms with Crippen LogP contribution in [-0.4, -0.2) is 30.4 Å². The molecule has 4 nitrogen and oxygen atoms in total. The number of hydrogen-bond acceptors (Lipinski definition) is 4. The van der Waals surface area contributed by atoms with Crippen molar-refractivity contribution in [3.8, 4) is 0 Å². The monoisotopic (exact) mass is 293 g/mol. The number of carboxylic acid groups (broad SMARTS) is 1. The second-order valence-corrected chi connectivity index (χ2v) is 4.08. The molecule has 0 amide bonds. The van der Waals surface area contributed by atoms with E-state index >= 15 is 0 Å². The van der Waals surface area contributed by atoms with Gasteiger partial charge >= 0.3 is 12.1 Å². The number of carbonyl (C=O) groups excluding carboxylic acids is 2. The highest BCUT2D eigenvalue weighted by molar-refractivity contribution is 6.01. The maximum Gasteiger partial charge on any atom is 0.430 e. The number of carbonyl (C=O) groups is 2. The molecule has 0 heterocycles. The van der Waals surface area contributed by atoms with E-state index in [9.17, 15) is 32.3 Å². The molecule has 0 bridgehead atoms. The van der Waals surface area contributed by atoms with Crippen molar-refractivity contribution >= 4 is 11.9 Å². The van der Waals surface area contributed by atoms with Crippen molar-refractivity contribution in [1.82, 2.24) is 0 Å². The van der Waals surface area contributed by atoms with E-state index in [1.165, 1.54) is 12.1 Å². The van der Waals surface area contributed by atoms with Gasteiger partial charge in [0.2, 0.25) is 5.60 Å². The Morgan fingerprint density at radius 3 is 2.10 bits per heavy atom. The summed E-state index contributed by atoms with van der Waals surface area (Å²) in [7, 11) is 0. The molecule has 1 aromatic carbocycles. The molecule has 0 radical (unpaired) electrons. The zero-order valence-corrected chi connectivity index (χ0v) is 10.2. The summed E-state index contributed by atoms with van der Waals surface area (Å²) in [5, 5.41) is 10.7. The normalized spacial score (nSPS) is 14.4. The fourth-order valence-electron chi connectivity index (χ4n) is 1.26. The first kappa shape index (κ1) is 15.9. The Kier molecular flexibility index (Phi) is 4.36. The van der Waals surface area contributed by atoms with Gasteiger partial charge in [0.05, 0.1) is 11.5 Å². The van der Waals surface area contributed by atoms with Crippen LogP contribution >= 0.6 is 0 Å². The molecule has 0 saturated carbocycles. The van der Waals surface area contributed by atoms with E-state index in [4.69, 9.17) is 0 Å². The number of alkyl halides is 4. The SMILES string of the molecule is CC(CF)(OC(=O)c1ccccc1C(=O)[O-])C(F)(F)F. The summed E-state index contributed by atoms with van der Waals surface area (Å²) in [4.78, 5) is 22.4. The fourth-order valence-corrected chi connectivity index (χ4v) is 1.26. The topological polar surface area (TPSA) is 66.4 Å². The van der Waals surface area contributed by atoms with Crippen LogP contribution in [0.2, 0.25) is 0 Å². The molecular weight excluding hydrogens is 284 g/mol. The van der Waals surface area contributed by atoms with Crippen LogP contribution in [0.4, 0.5) is 17.6 Å². The van der Waals surface area contributed by atoms with E-state index in [2.05, 4.69) is 4.74 Å². The highest BCUT2D eigenvalue weighted by Crippen LogP contribution is 2.34. The number of ether oxygens (including phenoxy) is 1. The first-order valence-corrected chi connectivity index (χ1v) is 5.29. The molecule has 0 spiro atoms. The zero-order valence-electron chi connectivity index (χ0n) is 10.2. The first-order chi connectivity index (χ1) is 9.12. The number of halogens is 4. The highest BCUT2D eigenvalue weighted by Gasteiger charge is 2.55. The summed E-state index contributed by atoms with van der Waals surface area (Å²) in [5.41, 5.74) is -4.62. The van der Waals surface area contributed by atoms with Crippen LogP contribution in [0.3, 0.4) is 0 Å². The van der Waals surface area contributed by atoms with Gasteiger partial charge in [0, 0.05) is 5.56 Å². The summed E-state index contributed by atoms with van der Waals surface area (Å²) in [6, 6.07) is 4.39. The Morgan fingerprint density at radius 1 is 1.20 bits per heavy atom. The number of esters is 1. The quantitative estimate of drug-likeness (QED) is 0.623. The lowest BCUT2D eigenvalue weighted by molar-refractivity contribution is -0.256. The Hall–Kier alpha value is -2.12. The van der Waals surface area contributed by atoms with Crippen molar-refractivity contribution in [1.29, 1.82) is 0 Å². The minimum Gasteiger partial charge on any atom is -0.545 e. The molecule has 0 aromatic heterocycles. The molecular formula is C12H9F4O4-. The zero-order chi connectivity index (χ0) is 15.6. The number of hydrogen-bond donors (Lipinski definition) is 0. The van der Waals surface area contributed by atoms with Gasteiger partial charge in [-0.25, -0.2) is 9.18 Å². The van der Waals surface area contributed by atoms with Crippen LogP contribution < -0.4 is 5.11 Å². The fraction of sp³-hybridized carbons (Fsp3) is 0.333. The van der Waals surface area contributed by atoms with Crippen molar-refractivity contribution in [2.75, 3.05) is 6.67 Å². The minimum atomic E-state index is -5.13. The summed E-state index contributed by atoms with van der Waals surface area (Å²) in [6.07, 6.45) is -5.13. The number of rotatable bonds is 4. The molecule has 1 aromatic rings. The van der Waals surface area contributed by atoms with Gasteiger partial charge in [-0.2, -0.15) is 13.2 Å². The van der Waals surface area contributed by atoms with Gasteiger partial charge in [-0.15, -0.1) is 0 Å². The smallest absolute Gasteiger partial charge is 0.430 e. The summed E-state index contributed by atoms with van der Waals surface area (Å²) < 4.78 is 54.4. The van der Waals surface area contributed by atoms with Crippen molar-refractivity contribution in [3.63, 3.8) is 0 Å². The standard InChI is InChI=1S/C12H10F4O4/c1-11(6-13,12(14,15)16)20-10(19)8-5-3-2-4-7(8)9(17)18/h2-5H,6H2,1H3,(H,17,18)/p-1. The molecule has 0 saturated heterocycles. The molecule has 0 aliphatic heterocycles. The van der Waals surface area contributed by atoms with Crippen LogP contribution in [0, 0.1) is 0 Å². The second-order valence-electron chi connectivity index (χ2n) is 4.08. The van der Waals surface area contributed by atoms with Crippen molar-refractivity contribution in [2.45, 2.75) is 18.7 Å². The van der Waals surface area contributed by atoms with Gasteiger partial charge in [-0.05, 0) is 13.0 Å². The van der Waals surface area contributed by atoms with Crippen LogP contribution in [-0.2, 0) is 4.74 Å². The van der Waals surface area contributed by atoms with E-state index in [1.54, 1.807) is 0 Å². The molecule has 0 aliphatic rings. The molecule has 1 atom stereocenters. The van der Waals surface area contributed by atoms with Crippen LogP contribution in [0.5, 0.6) is 0 Å². The molecule has 0 aliphatic carbocycles. The lowest BCUT2D eigenvalue weighted by atomic mass is 10.1. The van der Waals surface area contributed by atoms with Gasteiger partial charge in [0.25, 0.3) is 0 Å². The van der Waals surface area contributed by atoms with Gasteiger partial charge in [0.15, 0.2) is 0 Å². The van der Waals surface area contributed by atoms with E-state index in [1.807, 2.05) is 0 Å². The van der Waals surface area contributed by atoms with Crippen LogP contribution in [0.15, 0.2) is 24.3 Å². The number of benzene rings is 1. The van der Waals surface area contributed by atoms with Crippen LogP contribution in [0.1, 0.15) is 27.6 Å². The molecule has 8 heteroatoms. The van der Waals surface area contributed by atoms with Crippen molar-refractivity contribution in [3.05, 3.63) is 35.4 Å². The third-order valence-corrected chi connectivity index (χ3v) is 2.54. The Labute approximate surface area is 111 Å². The van der Waals surface area contributed by atoms with E-state index in [-0.39, 0.29) is 0 Å². The highest BCUT2D eigenvalue weighted by atomic mass is 19.4. The van der Waals surface area contributed by atoms with Crippen LogP contribution in [0.25, 0.3) is 0 Å². The summed E-state index contributed by atoms with van der Waals surface area (Å²) in [5.74, 6) is -3.35. The maximum atomic E-state index is 12.6. The average Bonchev–Trinajstić information content (AvgIpc) is 2.37. The van der Waals surface area contributed by atoms with Gasteiger partial charge in [0.1, 0.15) is 6.67 Å². The second kappa shape index (κ2) is 5.48. The number of carboxylic acids is 1. The predicted octanol–water partition coefficient (Wildman–Crippen LogP) is 1.50. The Morgan fingerprint density at radius 2 is 1.70 bits per heavy atom. The molecule has 0 N–H and O–H groups in total. The lowest BCUT2D eigenvalue weighted by Crippen LogP contribution is -2.48. The van der Waals surface area contributed by atoms with E-state index < -0.39 is 41.5 Å². The van der Waals surface area contributed by atoms with E-state index in [0.717, 1.165) is 12.1 Å². The lowest BCUT2D eigenvalue weighted by Gasteiger charge is -2.29. The predicted molar refractivity (Wildman–Crippen MR) is 56.6 cm³/mol. The third kappa shape index (κ3) is 3.06. The minimum absolute atomic E-state index is 0.354. The average molecular weight is 293 g/mol. The van der Waals surface area contributed by atoms with Crippen molar-refractivity contribution in [2.24, 2.45) is 0 Å². The third-order valence-electron chi connectivity index (χ3n) is 2.54. The number of aromatic carboxylic acids is 1. The summed E-state index contributed by atoms with van der Waals surface area (Å²) >= 11 is 0. The van der Waals surface area contributed by atoms with Gasteiger partial charge in [-0.1, -0.05) is 18.2 Å². The molecule has 1 unspecified atom stereocenters. The summed E-state index contributed by atoms with van der Waals surface area (Å²) in [6.45, 7) is -1.64.